The van der Waals surface area contributed by atoms with Crippen LogP contribution in [0.2, 0.25) is 0 Å². The number of hydrogen-bond donors (Lipinski definition) is 0. The molecular formula is C14H16N6. The van der Waals surface area contributed by atoms with Gasteiger partial charge in [0.25, 0.3) is 0 Å². The highest BCUT2D eigenvalue weighted by Gasteiger charge is 1.98. The first-order valence-electron chi connectivity index (χ1n) is 6.32. The monoisotopic (exact) mass is 268 g/mol. The lowest BCUT2D eigenvalue weighted by Gasteiger charge is -2.00. The van der Waals surface area contributed by atoms with Crippen molar-refractivity contribution < 1.29 is 0 Å². The molecule has 2 aromatic heterocycles. The third kappa shape index (κ3) is 4.01. The molecule has 6 nitrogen and oxygen atoms in total. The Hall–Kier alpha value is -2.50. The molecule has 2 heterocycles. The molecule has 0 N–H and O–H groups in total. The fourth-order valence-corrected chi connectivity index (χ4v) is 1.57. The molecule has 20 heavy (non-hydrogen) atoms. The smallest absolute Gasteiger partial charge is 0.102 e. The Morgan fingerprint density at radius 3 is 1.60 bits per heavy atom. The Morgan fingerprint density at radius 1 is 0.800 bits per heavy atom. The van der Waals surface area contributed by atoms with Crippen LogP contribution in [0, 0.1) is 0 Å². The predicted octanol–water partition coefficient (Wildman–Crippen LogP) is 1.58. The molecule has 0 aliphatic rings. The van der Waals surface area contributed by atoms with Crippen molar-refractivity contribution in [2.24, 2.45) is 9.98 Å². The van der Waals surface area contributed by atoms with Gasteiger partial charge < -0.3 is 0 Å². The van der Waals surface area contributed by atoms with Gasteiger partial charge in [-0.2, -0.15) is 0 Å². The van der Waals surface area contributed by atoms with E-state index in [0.29, 0.717) is 13.1 Å². The van der Waals surface area contributed by atoms with Gasteiger partial charge in [0.15, 0.2) is 0 Å². The zero-order chi connectivity index (χ0) is 14.2. The average Bonchev–Trinajstić information content (AvgIpc) is 2.53. The van der Waals surface area contributed by atoms with Crippen molar-refractivity contribution in [1.29, 1.82) is 0 Å². The lowest BCUT2D eigenvalue weighted by molar-refractivity contribution is 0.967. The third-order valence-electron chi connectivity index (χ3n) is 2.67. The summed E-state index contributed by atoms with van der Waals surface area (Å²) in [7, 11) is 0. The molecular weight excluding hydrogens is 252 g/mol. The third-order valence-corrected chi connectivity index (χ3v) is 2.67. The first kappa shape index (κ1) is 13.9. The zero-order valence-corrected chi connectivity index (χ0v) is 11.6. The van der Waals surface area contributed by atoms with Crippen molar-refractivity contribution in [3.63, 3.8) is 0 Å². The lowest BCUT2D eigenvalue weighted by Crippen LogP contribution is -2.03. The molecule has 0 atom stereocenters. The normalized spacial score (nSPS) is 12.5. The van der Waals surface area contributed by atoms with E-state index >= 15 is 0 Å². The van der Waals surface area contributed by atoms with E-state index in [4.69, 9.17) is 0 Å². The molecule has 6 heteroatoms. The molecule has 0 radical (unpaired) electrons. The first-order chi connectivity index (χ1) is 9.77. The van der Waals surface area contributed by atoms with E-state index in [1.807, 2.05) is 13.8 Å². The topological polar surface area (TPSA) is 76.3 Å². The number of aliphatic imine (C=N–C) groups is 2. The minimum Gasteiger partial charge on any atom is -0.286 e. The highest BCUT2D eigenvalue weighted by Crippen LogP contribution is 1.96. The van der Waals surface area contributed by atoms with Crippen LogP contribution in [-0.2, 0) is 0 Å². The van der Waals surface area contributed by atoms with Crippen LogP contribution in [0.4, 0.5) is 0 Å². The Morgan fingerprint density at radius 2 is 1.25 bits per heavy atom. The SMILES string of the molecule is CC(=NCCN=C(C)c1cnccn1)c1cnccn1. The van der Waals surface area contributed by atoms with Crippen LogP contribution in [0.15, 0.2) is 47.2 Å². The summed E-state index contributed by atoms with van der Waals surface area (Å²) < 4.78 is 0. The highest BCUT2D eigenvalue weighted by molar-refractivity contribution is 5.97. The van der Waals surface area contributed by atoms with Gasteiger partial charge in [0.2, 0.25) is 0 Å². The first-order valence-corrected chi connectivity index (χ1v) is 6.32. The summed E-state index contributed by atoms with van der Waals surface area (Å²) in [5.74, 6) is 0. The van der Waals surface area contributed by atoms with Crippen LogP contribution in [0.1, 0.15) is 25.2 Å². The quantitative estimate of drug-likeness (QED) is 0.609. The van der Waals surface area contributed by atoms with Crippen molar-refractivity contribution in [3.05, 3.63) is 48.6 Å². The van der Waals surface area contributed by atoms with E-state index in [2.05, 4.69) is 29.9 Å². The highest BCUT2D eigenvalue weighted by atomic mass is 14.9. The van der Waals surface area contributed by atoms with Gasteiger partial charge in [-0.25, -0.2) is 0 Å². The number of hydrogen-bond acceptors (Lipinski definition) is 6. The summed E-state index contributed by atoms with van der Waals surface area (Å²) in [5.41, 5.74) is 3.32. The van der Waals surface area contributed by atoms with Crippen molar-refractivity contribution >= 4 is 11.4 Å². The number of rotatable bonds is 5. The van der Waals surface area contributed by atoms with E-state index in [1.54, 1.807) is 37.2 Å². The molecule has 2 rings (SSSR count). The predicted molar refractivity (Wildman–Crippen MR) is 78.2 cm³/mol. The fraction of sp³-hybridized carbons (Fsp3) is 0.286. The van der Waals surface area contributed by atoms with Crippen molar-refractivity contribution in [1.82, 2.24) is 19.9 Å². The molecule has 0 bridgehead atoms. The summed E-state index contributed by atoms with van der Waals surface area (Å²) in [6.45, 7) is 5.06. The van der Waals surface area contributed by atoms with E-state index < -0.39 is 0 Å². The Bertz CT molecular complexity index is 536. The molecule has 0 unspecified atom stereocenters. The lowest BCUT2D eigenvalue weighted by atomic mass is 10.3. The summed E-state index contributed by atoms with van der Waals surface area (Å²) in [6.07, 6.45) is 10.0. The van der Waals surface area contributed by atoms with Crippen molar-refractivity contribution in [3.8, 4) is 0 Å². The second kappa shape index (κ2) is 7.18. The van der Waals surface area contributed by atoms with Crippen LogP contribution in [0.3, 0.4) is 0 Å². The van der Waals surface area contributed by atoms with Crippen molar-refractivity contribution in [2.45, 2.75) is 13.8 Å². The molecule has 0 saturated heterocycles. The van der Waals surface area contributed by atoms with Gasteiger partial charge in [-0.3, -0.25) is 29.9 Å². The second-order valence-electron chi connectivity index (χ2n) is 4.12. The van der Waals surface area contributed by atoms with Crippen LogP contribution in [0.25, 0.3) is 0 Å². The molecule has 0 aliphatic heterocycles. The van der Waals surface area contributed by atoms with Gasteiger partial charge in [-0.1, -0.05) is 0 Å². The van der Waals surface area contributed by atoms with Gasteiger partial charge in [0, 0.05) is 24.8 Å². The Balaban J connectivity index is 1.90. The molecule has 0 aromatic carbocycles. The van der Waals surface area contributed by atoms with Crippen molar-refractivity contribution in [2.75, 3.05) is 13.1 Å². The summed E-state index contributed by atoms with van der Waals surface area (Å²) in [4.78, 5) is 25.3. The molecule has 0 spiro atoms. The minimum atomic E-state index is 0.611. The van der Waals surface area contributed by atoms with Crippen LogP contribution in [-0.4, -0.2) is 44.4 Å². The van der Waals surface area contributed by atoms with E-state index in [-0.39, 0.29) is 0 Å². The second-order valence-corrected chi connectivity index (χ2v) is 4.12. The molecule has 0 fully saturated rings. The number of nitrogens with zero attached hydrogens (tertiary/aromatic N) is 6. The summed E-state index contributed by atoms with van der Waals surface area (Å²) in [5, 5.41) is 0. The fourth-order valence-electron chi connectivity index (χ4n) is 1.57. The van der Waals surface area contributed by atoms with Gasteiger partial charge >= 0.3 is 0 Å². The average molecular weight is 268 g/mol. The van der Waals surface area contributed by atoms with Gasteiger partial charge in [-0.05, 0) is 13.8 Å². The molecule has 0 amide bonds. The Labute approximate surface area is 117 Å². The zero-order valence-electron chi connectivity index (χ0n) is 11.6. The van der Waals surface area contributed by atoms with Crippen LogP contribution < -0.4 is 0 Å². The molecule has 0 aliphatic carbocycles. The van der Waals surface area contributed by atoms with E-state index in [1.165, 1.54) is 0 Å². The van der Waals surface area contributed by atoms with Gasteiger partial charge in [0.05, 0.1) is 36.9 Å². The molecule has 102 valence electrons. The maximum atomic E-state index is 4.43. The minimum absolute atomic E-state index is 0.611. The van der Waals surface area contributed by atoms with E-state index in [0.717, 1.165) is 22.8 Å². The Kier molecular flexibility index (Phi) is 5.00. The largest absolute Gasteiger partial charge is 0.286 e. The van der Waals surface area contributed by atoms with Gasteiger partial charge in [0.1, 0.15) is 11.4 Å². The van der Waals surface area contributed by atoms with Crippen LogP contribution >= 0.6 is 0 Å². The number of aromatic nitrogens is 4. The molecule has 2 aromatic rings. The van der Waals surface area contributed by atoms with E-state index in [9.17, 15) is 0 Å². The summed E-state index contributed by atoms with van der Waals surface area (Å²) in [6, 6.07) is 0. The standard InChI is InChI=1S/C14H16N6/c1-11(13-9-15-3-5-19-13)17-7-8-18-12(2)14-10-16-4-6-20-14/h3-6,9-10H,7-8H2,1-2H3. The summed E-state index contributed by atoms with van der Waals surface area (Å²) >= 11 is 0. The van der Waals surface area contributed by atoms with Gasteiger partial charge in [-0.15, -0.1) is 0 Å². The maximum absolute atomic E-state index is 4.43. The molecule has 0 saturated carbocycles. The maximum Gasteiger partial charge on any atom is 0.102 e. The van der Waals surface area contributed by atoms with Crippen LogP contribution in [0.5, 0.6) is 0 Å².